The van der Waals surface area contributed by atoms with E-state index in [0.717, 1.165) is 25.1 Å². The van der Waals surface area contributed by atoms with E-state index in [-0.39, 0.29) is 5.56 Å². The number of aromatic nitrogens is 1. The molecule has 0 saturated carbocycles. The first-order valence-corrected chi connectivity index (χ1v) is 4.54. The molecule has 70 valence electrons. The first-order chi connectivity index (χ1) is 6.25. The average Bonchev–Trinajstić information content (AvgIpc) is 2.86. The Kier molecular flexibility index (Phi) is 2.19. The van der Waals surface area contributed by atoms with Gasteiger partial charge in [0.1, 0.15) is 0 Å². The summed E-state index contributed by atoms with van der Waals surface area (Å²) < 4.78 is 6.81. The van der Waals surface area contributed by atoms with Crippen LogP contribution in [0.4, 0.5) is 0 Å². The lowest BCUT2D eigenvalue weighted by Crippen LogP contribution is -2.19. The maximum atomic E-state index is 11.4. The van der Waals surface area contributed by atoms with Crippen LogP contribution in [0.5, 0.6) is 0 Å². The van der Waals surface area contributed by atoms with Gasteiger partial charge in [-0.15, -0.1) is 0 Å². The van der Waals surface area contributed by atoms with Crippen LogP contribution in [0.3, 0.4) is 0 Å². The fraction of sp³-hybridized carbons (Fsp3) is 0.500. The summed E-state index contributed by atoms with van der Waals surface area (Å²) in [4.78, 5) is 11.4. The smallest absolute Gasteiger partial charge is 0.250 e. The number of aryl methyl sites for hydroxylation is 2. The second-order valence-electron chi connectivity index (χ2n) is 3.48. The zero-order valence-corrected chi connectivity index (χ0v) is 7.69. The highest BCUT2D eigenvalue weighted by Gasteiger charge is 2.21. The first-order valence-electron chi connectivity index (χ1n) is 4.54. The van der Waals surface area contributed by atoms with Crippen molar-refractivity contribution in [3.8, 4) is 0 Å². The Morgan fingerprint density at radius 1 is 1.69 bits per heavy atom. The highest BCUT2D eigenvalue weighted by Crippen LogP contribution is 2.13. The summed E-state index contributed by atoms with van der Waals surface area (Å²) in [5, 5.41) is 0. The third-order valence-electron chi connectivity index (χ3n) is 2.25. The van der Waals surface area contributed by atoms with Crippen molar-refractivity contribution in [1.82, 2.24) is 4.57 Å². The van der Waals surface area contributed by atoms with E-state index in [1.165, 1.54) is 0 Å². The summed E-state index contributed by atoms with van der Waals surface area (Å²) in [5.41, 5.74) is 1.10. The maximum absolute atomic E-state index is 11.4. The van der Waals surface area contributed by atoms with Crippen molar-refractivity contribution >= 4 is 0 Å². The van der Waals surface area contributed by atoms with Gasteiger partial charge in [0.2, 0.25) is 0 Å². The van der Waals surface area contributed by atoms with Gasteiger partial charge >= 0.3 is 0 Å². The van der Waals surface area contributed by atoms with Crippen LogP contribution in [0.1, 0.15) is 12.0 Å². The van der Waals surface area contributed by atoms with Crippen LogP contribution >= 0.6 is 0 Å². The molecule has 0 N–H and O–H groups in total. The summed E-state index contributed by atoms with van der Waals surface area (Å²) >= 11 is 0. The normalized spacial score (nSPS) is 20.2. The van der Waals surface area contributed by atoms with Crippen molar-refractivity contribution in [3.63, 3.8) is 0 Å². The van der Waals surface area contributed by atoms with E-state index in [2.05, 4.69) is 0 Å². The molecule has 13 heavy (non-hydrogen) atoms. The fourth-order valence-corrected chi connectivity index (χ4v) is 1.31. The lowest BCUT2D eigenvalue weighted by molar-refractivity contribution is 0.383. The molecule has 1 aromatic rings. The Morgan fingerprint density at radius 2 is 2.46 bits per heavy atom. The molecule has 3 nitrogen and oxygen atoms in total. The summed E-state index contributed by atoms with van der Waals surface area (Å²) in [7, 11) is 0. The Balaban J connectivity index is 2.06. The van der Waals surface area contributed by atoms with Crippen LogP contribution in [0.25, 0.3) is 0 Å². The van der Waals surface area contributed by atoms with Gasteiger partial charge in [0.05, 0.1) is 12.7 Å². The molecule has 0 aliphatic carbocycles. The lowest BCUT2D eigenvalue weighted by Gasteiger charge is -2.03. The molecule has 3 heteroatoms. The Morgan fingerprint density at radius 3 is 3.08 bits per heavy atom. The molecule has 1 aliphatic heterocycles. The second-order valence-corrected chi connectivity index (χ2v) is 3.48. The minimum Gasteiger partial charge on any atom is -0.373 e. The quantitative estimate of drug-likeness (QED) is 0.647. The summed E-state index contributed by atoms with van der Waals surface area (Å²) in [6.07, 6.45) is 3.19. The van der Waals surface area contributed by atoms with E-state index in [9.17, 15) is 4.79 Å². The van der Waals surface area contributed by atoms with Gasteiger partial charge < -0.3 is 9.30 Å². The summed E-state index contributed by atoms with van der Waals surface area (Å²) in [6.45, 7) is 3.56. The van der Waals surface area contributed by atoms with Crippen molar-refractivity contribution in [2.45, 2.75) is 26.0 Å². The van der Waals surface area contributed by atoms with Crippen LogP contribution in [0.15, 0.2) is 23.1 Å². The van der Waals surface area contributed by atoms with Crippen LogP contribution in [-0.4, -0.2) is 17.3 Å². The molecule has 1 atom stereocenters. The number of rotatable bonds is 3. The number of hydrogen-bond donors (Lipinski definition) is 0. The van der Waals surface area contributed by atoms with E-state index in [0.29, 0.717) is 6.10 Å². The predicted octanol–water partition coefficient (Wildman–Crippen LogP) is 0.946. The van der Waals surface area contributed by atoms with Gasteiger partial charge in [-0.1, -0.05) is 0 Å². The molecule has 0 aromatic carbocycles. The maximum Gasteiger partial charge on any atom is 0.250 e. The van der Waals surface area contributed by atoms with Crippen molar-refractivity contribution in [1.29, 1.82) is 0 Å². The van der Waals surface area contributed by atoms with Crippen LogP contribution in [0.2, 0.25) is 0 Å². The molecule has 2 heterocycles. The van der Waals surface area contributed by atoms with Gasteiger partial charge in [0.15, 0.2) is 0 Å². The van der Waals surface area contributed by atoms with Gasteiger partial charge in [0, 0.05) is 18.8 Å². The molecule has 0 radical (unpaired) electrons. The summed E-state index contributed by atoms with van der Waals surface area (Å²) in [6, 6.07) is 3.61. The van der Waals surface area contributed by atoms with Gasteiger partial charge in [-0.05, 0) is 25.0 Å². The molecular weight excluding hydrogens is 166 g/mol. The lowest BCUT2D eigenvalue weighted by atomic mass is 10.3. The highest BCUT2D eigenvalue weighted by molar-refractivity contribution is 5.07. The van der Waals surface area contributed by atoms with Gasteiger partial charge in [0.25, 0.3) is 5.56 Å². The molecule has 1 aliphatic rings. The Bertz CT molecular complexity index is 352. The zero-order valence-electron chi connectivity index (χ0n) is 7.69. The minimum atomic E-state index is 0.0839. The third-order valence-corrected chi connectivity index (χ3v) is 2.25. The molecule has 0 bridgehead atoms. The molecule has 1 aromatic heterocycles. The van der Waals surface area contributed by atoms with Gasteiger partial charge in [-0.25, -0.2) is 0 Å². The van der Waals surface area contributed by atoms with Gasteiger partial charge in [-0.3, -0.25) is 4.79 Å². The van der Waals surface area contributed by atoms with Gasteiger partial charge in [-0.2, -0.15) is 0 Å². The summed E-state index contributed by atoms with van der Waals surface area (Å²) in [5.74, 6) is 0. The van der Waals surface area contributed by atoms with E-state index >= 15 is 0 Å². The molecule has 1 unspecified atom stereocenters. The average molecular weight is 179 g/mol. The van der Waals surface area contributed by atoms with Crippen LogP contribution in [-0.2, 0) is 11.3 Å². The Labute approximate surface area is 77.0 Å². The van der Waals surface area contributed by atoms with Crippen LogP contribution in [0, 0.1) is 6.92 Å². The SMILES string of the molecule is Cc1ccn(CCC2CO2)c(=O)c1. The van der Waals surface area contributed by atoms with Crippen molar-refractivity contribution in [2.24, 2.45) is 0 Å². The van der Waals surface area contributed by atoms with Crippen molar-refractivity contribution in [3.05, 3.63) is 34.2 Å². The number of hydrogen-bond acceptors (Lipinski definition) is 2. The molecule has 2 rings (SSSR count). The number of epoxide rings is 1. The highest BCUT2D eigenvalue weighted by atomic mass is 16.6. The molecule has 0 spiro atoms. The van der Waals surface area contributed by atoms with E-state index in [1.807, 2.05) is 19.2 Å². The second kappa shape index (κ2) is 3.34. The standard InChI is InChI=1S/C10H13NO2/c1-8-2-4-11(10(12)6-8)5-3-9-7-13-9/h2,4,6,9H,3,5,7H2,1H3. The van der Waals surface area contributed by atoms with Crippen LogP contribution < -0.4 is 5.56 Å². The number of nitrogens with zero attached hydrogens (tertiary/aromatic N) is 1. The Hall–Kier alpha value is -1.09. The van der Waals surface area contributed by atoms with Crippen molar-refractivity contribution < 1.29 is 4.74 Å². The topological polar surface area (TPSA) is 34.5 Å². The minimum absolute atomic E-state index is 0.0839. The number of ether oxygens (including phenoxy) is 1. The fourth-order valence-electron chi connectivity index (χ4n) is 1.31. The van der Waals surface area contributed by atoms with E-state index < -0.39 is 0 Å². The van der Waals surface area contributed by atoms with Crippen molar-refractivity contribution in [2.75, 3.05) is 6.61 Å². The largest absolute Gasteiger partial charge is 0.373 e. The molecular formula is C10H13NO2. The van der Waals surface area contributed by atoms with E-state index in [1.54, 1.807) is 10.6 Å². The third kappa shape index (κ3) is 2.18. The first kappa shape index (κ1) is 8.51. The van der Waals surface area contributed by atoms with E-state index in [4.69, 9.17) is 4.74 Å². The molecule has 0 amide bonds. The molecule has 1 fully saturated rings. The predicted molar refractivity (Wildman–Crippen MR) is 49.8 cm³/mol. The number of pyridine rings is 1. The monoisotopic (exact) mass is 179 g/mol. The molecule has 1 saturated heterocycles. The zero-order chi connectivity index (χ0) is 9.26.